The summed E-state index contributed by atoms with van der Waals surface area (Å²) in [4.78, 5) is 27.3. The molecule has 1 aliphatic heterocycles. The summed E-state index contributed by atoms with van der Waals surface area (Å²) in [5.41, 5.74) is 2.35. The predicted octanol–water partition coefficient (Wildman–Crippen LogP) is 4.31. The maximum Gasteiger partial charge on any atom is 0.295 e. The number of hydrogen-bond acceptors (Lipinski definition) is 3. The third kappa shape index (κ3) is 3.21. The Balaban J connectivity index is 1.85. The second-order valence-corrected chi connectivity index (χ2v) is 6.69. The van der Waals surface area contributed by atoms with Gasteiger partial charge in [0, 0.05) is 12.1 Å². The van der Waals surface area contributed by atoms with E-state index in [2.05, 4.69) is 0 Å². The summed E-state index contributed by atoms with van der Waals surface area (Å²) in [6.07, 6.45) is 0. The van der Waals surface area contributed by atoms with Crippen molar-refractivity contribution in [3.8, 4) is 0 Å². The van der Waals surface area contributed by atoms with Gasteiger partial charge in [-0.2, -0.15) is 0 Å². The number of ketones is 1. The quantitative estimate of drug-likeness (QED) is 0.424. The number of aliphatic hydroxyl groups is 1. The highest BCUT2D eigenvalue weighted by Crippen LogP contribution is 2.40. The van der Waals surface area contributed by atoms with Crippen LogP contribution in [0.15, 0.2) is 96.6 Å². The van der Waals surface area contributed by atoms with Gasteiger partial charge in [0.05, 0.1) is 11.6 Å². The molecule has 1 amide bonds. The third-order valence-corrected chi connectivity index (χ3v) is 4.90. The van der Waals surface area contributed by atoms with Crippen LogP contribution in [0.5, 0.6) is 0 Å². The second-order valence-electron chi connectivity index (χ2n) is 6.69. The number of amides is 1. The van der Waals surface area contributed by atoms with Gasteiger partial charge in [-0.25, -0.2) is 0 Å². The Labute approximate surface area is 163 Å². The van der Waals surface area contributed by atoms with Crippen LogP contribution in [0.25, 0.3) is 5.76 Å². The van der Waals surface area contributed by atoms with Crippen molar-refractivity contribution in [3.05, 3.63) is 113 Å². The summed E-state index contributed by atoms with van der Waals surface area (Å²) < 4.78 is 0. The Kier molecular flexibility index (Phi) is 4.77. The van der Waals surface area contributed by atoms with E-state index in [1.807, 2.05) is 66.7 Å². The standard InChI is InChI=1S/C24H19NO3/c26-22(19-14-8-3-9-15-19)20-21(18-12-6-2-7-13-18)25(24(28)23(20)27)16-17-10-4-1-5-11-17/h1-15,21,26H,16H2. The maximum absolute atomic E-state index is 12.9. The van der Waals surface area contributed by atoms with Crippen molar-refractivity contribution in [2.75, 3.05) is 0 Å². The number of aliphatic hydroxyl groups excluding tert-OH is 1. The summed E-state index contributed by atoms with van der Waals surface area (Å²) >= 11 is 0. The highest BCUT2D eigenvalue weighted by Gasteiger charge is 2.45. The van der Waals surface area contributed by atoms with Crippen LogP contribution in [0.4, 0.5) is 0 Å². The lowest BCUT2D eigenvalue weighted by molar-refractivity contribution is -0.140. The highest BCUT2D eigenvalue weighted by atomic mass is 16.3. The van der Waals surface area contributed by atoms with Crippen LogP contribution >= 0.6 is 0 Å². The molecular weight excluding hydrogens is 350 g/mol. The Hall–Kier alpha value is -3.66. The number of rotatable bonds is 4. The average Bonchev–Trinajstić information content (AvgIpc) is 3.00. The summed E-state index contributed by atoms with van der Waals surface area (Å²) in [6.45, 7) is 0.288. The first-order valence-corrected chi connectivity index (χ1v) is 9.09. The largest absolute Gasteiger partial charge is 0.507 e. The molecule has 0 radical (unpaired) electrons. The average molecular weight is 369 g/mol. The first kappa shape index (κ1) is 17.7. The van der Waals surface area contributed by atoms with Crippen molar-refractivity contribution >= 4 is 17.4 Å². The SMILES string of the molecule is O=C1C(=O)N(Cc2ccccc2)C(c2ccccc2)C1=C(O)c1ccccc1. The van der Waals surface area contributed by atoms with Crippen molar-refractivity contribution in [1.29, 1.82) is 0 Å². The van der Waals surface area contributed by atoms with E-state index in [1.54, 1.807) is 24.3 Å². The number of carbonyl (C=O) groups excluding carboxylic acids is 2. The number of carbonyl (C=O) groups is 2. The van der Waals surface area contributed by atoms with Gasteiger partial charge in [-0.3, -0.25) is 9.59 Å². The Morgan fingerprint density at radius 3 is 1.93 bits per heavy atom. The lowest BCUT2D eigenvalue weighted by atomic mass is 9.95. The molecule has 1 N–H and O–H groups in total. The Morgan fingerprint density at radius 2 is 1.32 bits per heavy atom. The van der Waals surface area contributed by atoms with Gasteiger partial charge >= 0.3 is 0 Å². The summed E-state index contributed by atoms with van der Waals surface area (Å²) in [7, 11) is 0. The van der Waals surface area contributed by atoms with Gasteiger partial charge in [-0.15, -0.1) is 0 Å². The van der Waals surface area contributed by atoms with Crippen molar-refractivity contribution in [1.82, 2.24) is 4.90 Å². The van der Waals surface area contributed by atoms with Crippen LogP contribution in [0.3, 0.4) is 0 Å². The van der Waals surface area contributed by atoms with Crippen LogP contribution in [0, 0.1) is 0 Å². The minimum atomic E-state index is -0.661. The van der Waals surface area contributed by atoms with Gasteiger partial charge < -0.3 is 10.0 Å². The first-order valence-electron chi connectivity index (χ1n) is 9.09. The third-order valence-electron chi connectivity index (χ3n) is 4.90. The van der Waals surface area contributed by atoms with Crippen molar-refractivity contribution < 1.29 is 14.7 Å². The molecular formula is C24H19NO3. The smallest absolute Gasteiger partial charge is 0.295 e. The van der Waals surface area contributed by atoms with E-state index in [0.29, 0.717) is 5.56 Å². The maximum atomic E-state index is 12.9. The molecule has 28 heavy (non-hydrogen) atoms. The van der Waals surface area contributed by atoms with E-state index in [-0.39, 0.29) is 17.9 Å². The van der Waals surface area contributed by atoms with E-state index in [0.717, 1.165) is 11.1 Å². The molecule has 1 aliphatic rings. The summed E-state index contributed by atoms with van der Waals surface area (Å²) in [5.74, 6) is -1.41. The molecule has 4 nitrogen and oxygen atoms in total. The number of benzene rings is 3. The number of likely N-dealkylation sites (tertiary alicyclic amines) is 1. The lowest BCUT2D eigenvalue weighted by Gasteiger charge is -2.25. The highest BCUT2D eigenvalue weighted by molar-refractivity contribution is 6.46. The van der Waals surface area contributed by atoms with Crippen LogP contribution < -0.4 is 0 Å². The van der Waals surface area contributed by atoms with Crippen LogP contribution in [0.1, 0.15) is 22.7 Å². The van der Waals surface area contributed by atoms with E-state index in [4.69, 9.17) is 0 Å². The molecule has 0 saturated carbocycles. The molecule has 3 aromatic carbocycles. The Morgan fingerprint density at radius 1 is 0.786 bits per heavy atom. The molecule has 1 fully saturated rings. The van der Waals surface area contributed by atoms with Crippen molar-refractivity contribution in [3.63, 3.8) is 0 Å². The number of Topliss-reactive ketones (excluding diaryl/α,β-unsaturated/α-hetero) is 1. The van der Waals surface area contributed by atoms with Gasteiger partial charge in [-0.05, 0) is 11.1 Å². The molecule has 0 bridgehead atoms. The van der Waals surface area contributed by atoms with Crippen LogP contribution in [-0.2, 0) is 16.1 Å². The fourth-order valence-corrected chi connectivity index (χ4v) is 3.56. The Bertz CT molecular complexity index is 1030. The van der Waals surface area contributed by atoms with Crippen LogP contribution in [0.2, 0.25) is 0 Å². The van der Waals surface area contributed by atoms with Gasteiger partial charge in [0.15, 0.2) is 0 Å². The topological polar surface area (TPSA) is 57.6 Å². The molecule has 1 heterocycles. The zero-order valence-corrected chi connectivity index (χ0v) is 15.2. The van der Waals surface area contributed by atoms with E-state index in [9.17, 15) is 14.7 Å². The summed E-state index contributed by atoms with van der Waals surface area (Å²) in [5, 5.41) is 10.9. The molecule has 138 valence electrons. The molecule has 1 saturated heterocycles. The van der Waals surface area contributed by atoms with Gasteiger partial charge in [0.2, 0.25) is 0 Å². The van der Waals surface area contributed by atoms with Crippen molar-refractivity contribution in [2.45, 2.75) is 12.6 Å². The van der Waals surface area contributed by atoms with Crippen LogP contribution in [-0.4, -0.2) is 21.7 Å². The zero-order chi connectivity index (χ0) is 19.5. The number of nitrogens with zero attached hydrogens (tertiary/aromatic N) is 1. The normalized spacial score (nSPS) is 18.4. The minimum Gasteiger partial charge on any atom is -0.507 e. The van der Waals surface area contributed by atoms with Crippen molar-refractivity contribution in [2.24, 2.45) is 0 Å². The van der Waals surface area contributed by atoms with Gasteiger partial charge in [0.25, 0.3) is 11.7 Å². The molecule has 4 rings (SSSR count). The monoisotopic (exact) mass is 369 g/mol. The zero-order valence-electron chi connectivity index (χ0n) is 15.2. The molecule has 1 atom stereocenters. The molecule has 0 aromatic heterocycles. The fraction of sp³-hybridized carbons (Fsp3) is 0.0833. The van der Waals surface area contributed by atoms with Gasteiger partial charge in [0.1, 0.15) is 5.76 Å². The lowest BCUT2D eigenvalue weighted by Crippen LogP contribution is -2.29. The minimum absolute atomic E-state index is 0.123. The molecule has 4 heteroatoms. The van der Waals surface area contributed by atoms with E-state index in [1.165, 1.54) is 4.90 Å². The first-order chi connectivity index (χ1) is 13.7. The molecule has 1 unspecified atom stereocenters. The predicted molar refractivity (Wildman–Crippen MR) is 107 cm³/mol. The van der Waals surface area contributed by atoms with E-state index >= 15 is 0 Å². The fourth-order valence-electron chi connectivity index (χ4n) is 3.56. The molecule has 0 spiro atoms. The molecule has 0 aliphatic carbocycles. The second kappa shape index (κ2) is 7.53. The van der Waals surface area contributed by atoms with Gasteiger partial charge in [-0.1, -0.05) is 91.0 Å². The number of hydrogen-bond donors (Lipinski definition) is 1. The molecule has 3 aromatic rings. The summed E-state index contributed by atoms with van der Waals surface area (Å²) in [6, 6.07) is 27.1. The van der Waals surface area contributed by atoms with E-state index < -0.39 is 17.7 Å².